The van der Waals surface area contributed by atoms with E-state index in [0.29, 0.717) is 6.61 Å². The summed E-state index contributed by atoms with van der Waals surface area (Å²) in [6, 6.07) is 6.20. The lowest BCUT2D eigenvalue weighted by atomic mass is 10.1. The Balaban J connectivity index is 2.10. The van der Waals surface area contributed by atoms with Crippen molar-refractivity contribution in [3.05, 3.63) is 41.5 Å². The number of aromatic nitrogens is 3. The molecule has 19 heavy (non-hydrogen) atoms. The van der Waals surface area contributed by atoms with Gasteiger partial charge < -0.3 is 10.1 Å². The minimum atomic E-state index is 0.438. The topological polar surface area (TPSA) is 52.0 Å². The quantitative estimate of drug-likeness (QED) is 0.862. The molecule has 0 saturated carbocycles. The van der Waals surface area contributed by atoms with Gasteiger partial charge in [-0.25, -0.2) is 9.67 Å². The van der Waals surface area contributed by atoms with E-state index in [1.54, 1.807) is 6.33 Å². The Bertz CT molecular complexity index is 536. The number of hydrogen-bond donors (Lipinski definition) is 1. The predicted octanol–water partition coefficient (Wildman–Crippen LogP) is 1.90. The molecule has 1 N–H and O–H groups in total. The zero-order chi connectivity index (χ0) is 13.7. The average molecular weight is 260 g/mol. The summed E-state index contributed by atoms with van der Waals surface area (Å²) < 4.78 is 7.71. The molecule has 1 aromatic heterocycles. The first-order valence-electron chi connectivity index (χ1n) is 6.48. The summed E-state index contributed by atoms with van der Waals surface area (Å²) in [5, 5.41) is 7.29. The molecule has 5 heteroatoms. The Morgan fingerprint density at radius 3 is 2.95 bits per heavy atom. The lowest BCUT2D eigenvalue weighted by Crippen LogP contribution is -2.10. The standard InChI is InChI=1S/C14H20N4O/c1-4-18-14(16-10-17-18)9-19-13-6-5-11(2)7-12(13)8-15-3/h5-7,10,15H,4,8-9H2,1-3H3. The minimum absolute atomic E-state index is 0.438. The number of aryl methyl sites for hydroxylation is 2. The molecule has 0 unspecified atom stereocenters. The summed E-state index contributed by atoms with van der Waals surface area (Å²) >= 11 is 0. The molecule has 0 amide bonds. The number of nitrogens with one attached hydrogen (secondary N) is 1. The van der Waals surface area contributed by atoms with Crippen LogP contribution in [0, 0.1) is 6.92 Å². The van der Waals surface area contributed by atoms with Crippen LogP contribution in [0.2, 0.25) is 0 Å². The van der Waals surface area contributed by atoms with E-state index in [4.69, 9.17) is 4.74 Å². The number of hydrogen-bond acceptors (Lipinski definition) is 4. The Morgan fingerprint density at radius 2 is 2.21 bits per heavy atom. The fourth-order valence-corrected chi connectivity index (χ4v) is 1.98. The molecular weight excluding hydrogens is 240 g/mol. The largest absolute Gasteiger partial charge is 0.485 e. The van der Waals surface area contributed by atoms with Gasteiger partial charge in [0, 0.05) is 18.7 Å². The predicted molar refractivity (Wildman–Crippen MR) is 74.0 cm³/mol. The van der Waals surface area contributed by atoms with Crippen molar-refractivity contribution in [3.8, 4) is 5.75 Å². The maximum Gasteiger partial charge on any atom is 0.164 e. The highest BCUT2D eigenvalue weighted by Crippen LogP contribution is 2.20. The summed E-state index contributed by atoms with van der Waals surface area (Å²) in [7, 11) is 1.93. The average Bonchev–Trinajstić information content (AvgIpc) is 2.85. The zero-order valence-corrected chi connectivity index (χ0v) is 11.7. The third-order valence-corrected chi connectivity index (χ3v) is 2.94. The molecule has 0 aliphatic rings. The van der Waals surface area contributed by atoms with Gasteiger partial charge in [-0.1, -0.05) is 17.7 Å². The summed E-state index contributed by atoms with van der Waals surface area (Å²) in [6.45, 7) is 6.15. The molecule has 2 rings (SSSR count). The van der Waals surface area contributed by atoms with Crippen molar-refractivity contribution in [1.82, 2.24) is 20.1 Å². The summed E-state index contributed by atoms with van der Waals surface area (Å²) in [5.41, 5.74) is 2.39. The van der Waals surface area contributed by atoms with Crippen LogP contribution in [0.3, 0.4) is 0 Å². The molecule has 102 valence electrons. The van der Waals surface area contributed by atoms with Gasteiger partial charge in [-0.15, -0.1) is 0 Å². The van der Waals surface area contributed by atoms with Gasteiger partial charge in [-0.2, -0.15) is 5.10 Å². The Morgan fingerprint density at radius 1 is 1.37 bits per heavy atom. The van der Waals surface area contributed by atoms with Gasteiger partial charge in [-0.05, 0) is 27.0 Å². The summed E-state index contributed by atoms with van der Waals surface area (Å²) in [6.07, 6.45) is 1.56. The Labute approximate surface area is 113 Å². The van der Waals surface area contributed by atoms with Gasteiger partial charge in [0.25, 0.3) is 0 Å². The van der Waals surface area contributed by atoms with Crippen LogP contribution < -0.4 is 10.1 Å². The fraction of sp³-hybridized carbons (Fsp3) is 0.429. The molecule has 1 aromatic carbocycles. The summed E-state index contributed by atoms with van der Waals surface area (Å²) in [5.74, 6) is 1.74. The van der Waals surface area contributed by atoms with E-state index in [-0.39, 0.29) is 0 Å². The van der Waals surface area contributed by atoms with Crippen LogP contribution in [0.15, 0.2) is 24.5 Å². The van der Waals surface area contributed by atoms with Crippen LogP contribution in [0.1, 0.15) is 23.9 Å². The van der Waals surface area contributed by atoms with E-state index in [0.717, 1.165) is 30.2 Å². The molecule has 0 atom stereocenters. The first-order chi connectivity index (χ1) is 9.24. The van der Waals surface area contributed by atoms with Crippen molar-refractivity contribution < 1.29 is 4.74 Å². The van der Waals surface area contributed by atoms with E-state index in [1.165, 1.54) is 5.56 Å². The normalized spacial score (nSPS) is 10.7. The molecule has 1 heterocycles. The van der Waals surface area contributed by atoms with Gasteiger partial charge in [0.15, 0.2) is 5.82 Å². The Kier molecular flexibility index (Phi) is 4.52. The van der Waals surface area contributed by atoms with Crippen molar-refractivity contribution >= 4 is 0 Å². The number of rotatable bonds is 6. The van der Waals surface area contributed by atoms with E-state index >= 15 is 0 Å². The zero-order valence-electron chi connectivity index (χ0n) is 11.7. The van der Waals surface area contributed by atoms with Crippen LogP contribution in [0.25, 0.3) is 0 Å². The lowest BCUT2D eigenvalue weighted by Gasteiger charge is -2.12. The number of benzene rings is 1. The second-order valence-electron chi connectivity index (χ2n) is 4.42. The third-order valence-electron chi connectivity index (χ3n) is 2.94. The monoisotopic (exact) mass is 260 g/mol. The molecule has 0 spiro atoms. The second kappa shape index (κ2) is 6.33. The highest BCUT2D eigenvalue weighted by molar-refractivity contribution is 5.36. The maximum absolute atomic E-state index is 5.87. The maximum atomic E-state index is 5.87. The van der Waals surface area contributed by atoms with Crippen LogP contribution in [0.5, 0.6) is 5.75 Å². The van der Waals surface area contributed by atoms with Gasteiger partial charge >= 0.3 is 0 Å². The van der Waals surface area contributed by atoms with Gasteiger partial charge in [0.1, 0.15) is 18.7 Å². The first-order valence-corrected chi connectivity index (χ1v) is 6.48. The SMILES string of the molecule is CCn1ncnc1COc1ccc(C)cc1CNC. The van der Waals surface area contributed by atoms with E-state index < -0.39 is 0 Å². The molecule has 0 fully saturated rings. The summed E-state index contributed by atoms with van der Waals surface area (Å²) in [4.78, 5) is 4.21. The van der Waals surface area contributed by atoms with Crippen molar-refractivity contribution in [3.63, 3.8) is 0 Å². The van der Waals surface area contributed by atoms with Crippen molar-refractivity contribution in [1.29, 1.82) is 0 Å². The highest BCUT2D eigenvalue weighted by Gasteiger charge is 2.07. The van der Waals surface area contributed by atoms with E-state index in [9.17, 15) is 0 Å². The lowest BCUT2D eigenvalue weighted by molar-refractivity contribution is 0.284. The molecule has 0 saturated heterocycles. The highest BCUT2D eigenvalue weighted by atomic mass is 16.5. The van der Waals surface area contributed by atoms with Crippen LogP contribution >= 0.6 is 0 Å². The van der Waals surface area contributed by atoms with E-state index in [1.807, 2.05) is 24.7 Å². The molecule has 5 nitrogen and oxygen atoms in total. The van der Waals surface area contributed by atoms with Crippen molar-refractivity contribution in [2.75, 3.05) is 7.05 Å². The van der Waals surface area contributed by atoms with E-state index in [2.05, 4.69) is 34.5 Å². The molecule has 0 bridgehead atoms. The Hall–Kier alpha value is -1.88. The minimum Gasteiger partial charge on any atom is -0.485 e. The first kappa shape index (κ1) is 13.5. The molecular formula is C14H20N4O. The molecule has 0 aliphatic heterocycles. The van der Waals surface area contributed by atoms with Crippen LogP contribution in [0.4, 0.5) is 0 Å². The third kappa shape index (κ3) is 3.32. The van der Waals surface area contributed by atoms with Crippen LogP contribution in [-0.2, 0) is 19.7 Å². The van der Waals surface area contributed by atoms with Crippen molar-refractivity contribution in [2.45, 2.75) is 33.5 Å². The number of nitrogens with zero attached hydrogens (tertiary/aromatic N) is 3. The van der Waals surface area contributed by atoms with Crippen molar-refractivity contribution in [2.24, 2.45) is 0 Å². The smallest absolute Gasteiger partial charge is 0.164 e. The second-order valence-corrected chi connectivity index (χ2v) is 4.42. The molecule has 0 aliphatic carbocycles. The van der Waals surface area contributed by atoms with Gasteiger partial charge in [0.05, 0.1) is 0 Å². The van der Waals surface area contributed by atoms with Gasteiger partial charge in [-0.3, -0.25) is 0 Å². The fourth-order valence-electron chi connectivity index (χ4n) is 1.98. The van der Waals surface area contributed by atoms with Gasteiger partial charge in [0.2, 0.25) is 0 Å². The molecule has 0 radical (unpaired) electrons. The van der Waals surface area contributed by atoms with Crippen LogP contribution in [-0.4, -0.2) is 21.8 Å². The molecule has 2 aromatic rings. The number of ether oxygens (including phenoxy) is 1.